The smallest absolute Gasteiger partial charge is 0.227 e. The molecule has 1 amide bonds. The van der Waals surface area contributed by atoms with Crippen molar-refractivity contribution in [2.45, 2.75) is 19.0 Å². The molecule has 4 nitrogen and oxygen atoms in total. The van der Waals surface area contributed by atoms with Gasteiger partial charge in [0, 0.05) is 24.6 Å². The van der Waals surface area contributed by atoms with Gasteiger partial charge in [0.05, 0.1) is 32.8 Å². The number of hydrogen-bond donors (Lipinski definition) is 0. The third-order valence-corrected chi connectivity index (χ3v) is 7.54. The number of nitrogens with zero attached hydrogens (tertiary/aromatic N) is 2. The van der Waals surface area contributed by atoms with Gasteiger partial charge in [-0.25, -0.2) is 0 Å². The van der Waals surface area contributed by atoms with Gasteiger partial charge in [-0.05, 0) is 57.4 Å². The second kappa shape index (κ2) is 8.93. The zero-order valence-corrected chi connectivity index (χ0v) is 18.2. The first-order valence-electron chi connectivity index (χ1n) is 9.41. The van der Waals surface area contributed by atoms with Gasteiger partial charge in [0.1, 0.15) is 0 Å². The second-order valence-corrected chi connectivity index (χ2v) is 9.83. The van der Waals surface area contributed by atoms with Crippen molar-refractivity contribution in [3.05, 3.63) is 100 Å². The monoisotopic (exact) mass is 468 g/mol. The van der Waals surface area contributed by atoms with Crippen molar-refractivity contribution in [2.75, 3.05) is 5.75 Å². The molecule has 1 aliphatic heterocycles. The van der Waals surface area contributed by atoms with Gasteiger partial charge in [0.25, 0.3) is 0 Å². The highest BCUT2D eigenvalue weighted by molar-refractivity contribution is 9.13. The first-order valence-corrected chi connectivity index (χ1v) is 11.5. The topological polar surface area (TPSA) is 42.3 Å². The van der Waals surface area contributed by atoms with Crippen LogP contribution in [0.25, 0.3) is 5.69 Å². The van der Waals surface area contributed by atoms with Crippen molar-refractivity contribution in [3.63, 3.8) is 0 Å². The predicted octanol–water partition coefficient (Wildman–Crippen LogP) is 4.42. The highest BCUT2D eigenvalue weighted by Gasteiger charge is 2.29. The zero-order valence-electron chi connectivity index (χ0n) is 15.8. The van der Waals surface area contributed by atoms with Crippen LogP contribution in [0.3, 0.4) is 0 Å². The molecule has 2 heterocycles. The maximum absolute atomic E-state index is 13.2. The molecule has 1 aliphatic rings. The molecule has 2 aromatic carbocycles. The molecule has 0 aliphatic carbocycles. The Hall–Kier alpha value is -2.44. The molecule has 0 radical (unpaired) electrons. The minimum absolute atomic E-state index is 0.0306. The zero-order chi connectivity index (χ0) is 20.2. The lowest BCUT2D eigenvalue weighted by Crippen LogP contribution is -2.40. The summed E-state index contributed by atoms with van der Waals surface area (Å²) in [6.07, 6.45) is 6.19. The number of hydrogen-bond acceptors (Lipinski definition) is 2. The van der Waals surface area contributed by atoms with E-state index in [2.05, 4.69) is 15.9 Å². The maximum Gasteiger partial charge on any atom is 0.227 e. The number of rotatable bonds is 6. The van der Waals surface area contributed by atoms with Crippen LogP contribution in [0.1, 0.15) is 11.1 Å². The Morgan fingerprint density at radius 2 is 1.69 bits per heavy atom. The van der Waals surface area contributed by atoms with E-state index in [1.165, 1.54) is 0 Å². The average molecular weight is 469 g/mol. The molecule has 0 spiro atoms. The summed E-state index contributed by atoms with van der Waals surface area (Å²) in [5.74, 6) is 0.467. The quantitative estimate of drug-likeness (QED) is 0.537. The molecular formula is C23H21BrN2O2S. The molecule has 0 fully saturated rings. The molecule has 2 unspecified atom stereocenters. The SMILES string of the molecule is O=C(Cc1ccc(-n2cccc2)cc1)N(Cc1ccccc1)C1C=C(Br)S(=O)C1. The molecule has 0 bridgehead atoms. The summed E-state index contributed by atoms with van der Waals surface area (Å²) in [4.78, 5) is 15.0. The van der Waals surface area contributed by atoms with Gasteiger partial charge in [0.2, 0.25) is 5.91 Å². The summed E-state index contributed by atoms with van der Waals surface area (Å²) in [5.41, 5.74) is 3.09. The molecule has 0 saturated carbocycles. The van der Waals surface area contributed by atoms with Crippen molar-refractivity contribution in [1.82, 2.24) is 9.47 Å². The van der Waals surface area contributed by atoms with Crippen LogP contribution < -0.4 is 0 Å². The Morgan fingerprint density at radius 3 is 2.31 bits per heavy atom. The lowest BCUT2D eigenvalue weighted by molar-refractivity contribution is -0.132. The van der Waals surface area contributed by atoms with Gasteiger partial charge < -0.3 is 9.47 Å². The highest BCUT2D eigenvalue weighted by Crippen LogP contribution is 2.25. The summed E-state index contributed by atoms with van der Waals surface area (Å²) in [7, 11) is -1.08. The number of carbonyl (C=O) groups is 1. The fourth-order valence-corrected chi connectivity index (χ4v) is 5.19. The van der Waals surface area contributed by atoms with Crippen LogP contribution in [0.15, 0.2) is 89.0 Å². The standard InChI is InChI=1S/C23H21BrN2O2S/c24-22-15-21(17-29(22)28)26(16-19-6-2-1-3-7-19)23(27)14-18-8-10-20(11-9-18)25-12-4-5-13-25/h1-13,15,21H,14,16-17H2. The highest BCUT2D eigenvalue weighted by atomic mass is 79.9. The lowest BCUT2D eigenvalue weighted by atomic mass is 10.1. The Morgan fingerprint density at radius 1 is 1.00 bits per heavy atom. The largest absolute Gasteiger partial charge is 0.331 e. The number of aromatic nitrogens is 1. The number of amides is 1. The van der Waals surface area contributed by atoms with Crippen LogP contribution in [0.4, 0.5) is 0 Å². The lowest BCUT2D eigenvalue weighted by Gasteiger charge is -2.28. The van der Waals surface area contributed by atoms with Crippen LogP contribution in [-0.2, 0) is 28.6 Å². The third kappa shape index (κ3) is 4.77. The summed E-state index contributed by atoms with van der Waals surface area (Å²) < 4.78 is 14.8. The minimum atomic E-state index is -1.08. The van der Waals surface area contributed by atoms with E-state index in [1.54, 1.807) is 0 Å². The first kappa shape index (κ1) is 19.9. The van der Waals surface area contributed by atoms with Crippen LogP contribution >= 0.6 is 15.9 Å². The molecule has 6 heteroatoms. The van der Waals surface area contributed by atoms with E-state index >= 15 is 0 Å². The minimum Gasteiger partial charge on any atom is -0.331 e. The molecule has 0 N–H and O–H groups in total. The van der Waals surface area contributed by atoms with E-state index in [-0.39, 0.29) is 11.9 Å². The molecule has 0 saturated heterocycles. The van der Waals surface area contributed by atoms with Crippen molar-refractivity contribution in [1.29, 1.82) is 0 Å². The molecule has 2 atom stereocenters. The van der Waals surface area contributed by atoms with Gasteiger partial charge >= 0.3 is 0 Å². The van der Waals surface area contributed by atoms with Crippen molar-refractivity contribution in [3.8, 4) is 5.69 Å². The predicted molar refractivity (Wildman–Crippen MR) is 120 cm³/mol. The van der Waals surface area contributed by atoms with Gasteiger partial charge in [0.15, 0.2) is 0 Å². The molecule has 3 aromatic rings. The van der Waals surface area contributed by atoms with Gasteiger partial charge in [-0.15, -0.1) is 0 Å². The van der Waals surface area contributed by atoms with Crippen molar-refractivity contribution in [2.24, 2.45) is 0 Å². The molecule has 1 aromatic heterocycles. The Balaban J connectivity index is 1.52. The normalized spacial score (nSPS) is 18.4. The van der Waals surface area contributed by atoms with Gasteiger partial charge in [-0.1, -0.05) is 42.5 Å². The van der Waals surface area contributed by atoms with Gasteiger partial charge in [-0.2, -0.15) is 0 Å². The molecule has 4 rings (SSSR count). The maximum atomic E-state index is 13.2. The summed E-state index contributed by atoms with van der Waals surface area (Å²) in [5, 5.41) is 0. The van der Waals surface area contributed by atoms with Crippen LogP contribution in [0.5, 0.6) is 0 Å². The van der Waals surface area contributed by atoms with E-state index < -0.39 is 10.8 Å². The van der Waals surface area contributed by atoms with Gasteiger partial charge in [-0.3, -0.25) is 9.00 Å². The average Bonchev–Trinajstić information content (AvgIpc) is 3.38. The van der Waals surface area contributed by atoms with E-state index in [0.717, 1.165) is 16.8 Å². The Kier molecular flexibility index (Phi) is 6.11. The summed E-state index contributed by atoms with van der Waals surface area (Å²) in [6.45, 7) is 0.500. The van der Waals surface area contributed by atoms with Crippen LogP contribution in [0, 0.1) is 0 Å². The molecular weight excluding hydrogens is 448 g/mol. The summed E-state index contributed by atoms with van der Waals surface area (Å²) in [6, 6.07) is 21.7. The first-order chi connectivity index (χ1) is 14.1. The second-order valence-electron chi connectivity index (χ2n) is 6.99. The van der Waals surface area contributed by atoms with Crippen LogP contribution in [0.2, 0.25) is 0 Å². The fraction of sp³-hybridized carbons (Fsp3) is 0.174. The van der Waals surface area contributed by atoms with Crippen molar-refractivity contribution < 1.29 is 9.00 Å². The van der Waals surface area contributed by atoms with E-state index in [0.29, 0.717) is 22.5 Å². The Labute approximate surface area is 181 Å². The van der Waals surface area contributed by atoms with E-state index in [1.807, 2.05) is 94.7 Å². The number of halogens is 1. The van der Waals surface area contributed by atoms with Crippen LogP contribution in [-0.4, -0.2) is 31.4 Å². The number of benzene rings is 2. The van der Waals surface area contributed by atoms with Crippen molar-refractivity contribution >= 4 is 32.6 Å². The fourth-order valence-electron chi connectivity index (χ4n) is 3.43. The third-order valence-electron chi connectivity index (χ3n) is 4.97. The number of carbonyl (C=O) groups excluding carboxylic acids is 1. The van der Waals surface area contributed by atoms with E-state index in [4.69, 9.17) is 0 Å². The summed E-state index contributed by atoms with van der Waals surface area (Å²) >= 11 is 3.36. The molecule has 148 valence electrons. The Bertz CT molecular complexity index is 1030. The van der Waals surface area contributed by atoms with E-state index in [9.17, 15) is 9.00 Å². The molecule has 29 heavy (non-hydrogen) atoms.